The predicted molar refractivity (Wildman–Crippen MR) is 126 cm³/mol. The summed E-state index contributed by atoms with van der Waals surface area (Å²) in [6.07, 6.45) is 4.39. The van der Waals surface area contributed by atoms with Crippen LogP contribution >= 0.6 is 0 Å². The lowest BCUT2D eigenvalue weighted by atomic mass is 10.1. The standard InChI is InChI=1S/C26H36N2O4/c1-28(23-13-16-31-17-14-23)15-18-32-25-7-3-6-22(19-25)20-27-26(29)8-4-5-21-9-11-24(30-2)12-10-21/h3,6-7,9-12,19,23H,4-5,8,13-18,20H2,1-2H3,(H,27,29). The third-order valence-electron chi connectivity index (χ3n) is 5.94. The number of methoxy groups -OCH3 is 1. The Hall–Kier alpha value is -2.57. The van der Waals surface area contributed by atoms with Gasteiger partial charge in [0.1, 0.15) is 18.1 Å². The zero-order valence-corrected chi connectivity index (χ0v) is 19.3. The van der Waals surface area contributed by atoms with E-state index in [9.17, 15) is 4.79 Å². The summed E-state index contributed by atoms with van der Waals surface area (Å²) < 4.78 is 16.6. The summed E-state index contributed by atoms with van der Waals surface area (Å²) >= 11 is 0. The van der Waals surface area contributed by atoms with Crippen molar-refractivity contribution in [2.24, 2.45) is 0 Å². The van der Waals surface area contributed by atoms with Gasteiger partial charge in [0.25, 0.3) is 0 Å². The van der Waals surface area contributed by atoms with E-state index in [1.165, 1.54) is 5.56 Å². The topological polar surface area (TPSA) is 60.0 Å². The maximum absolute atomic E-state index is 12.2. The van der Waals surface area contributed by atoms with E-state index < -0.39 is 0 Å². The van der Waals surface area contributed by atoms with Crippen LogP contribution in [0, 0.1) is 0 Å². The number of carbonyl (C=O) groups is 1. The first kappa shape index (κ1) is 24.1. The van der Waals surface area contributed by atoms with Crippen molar-refractivity contribution in [1.82, 2.24) is 10.2 Å². The van der Waals surface area contributed by atoms with Crippen molar-refractivity contribution >= 4 is 5.91 Å². The van der Waals surface area contributed by atoms with Crippen molar-refractivity contribution in [2.75, 3.05) is 40.5 Å². The molecule has 1 aliphatic rings. The van der Waals surface area contributed by atoms with Crippen molar-refractivity contribution in [3.05, 3.63) is 59.7 Å². The van der Waals surface area contributed by atoms with Gasteiger partial charge in [-0.3, -0.25) is 9.69 Å². The van der Waals surface area contributed by atoms with E-state index in [1.54, 1.807) is 7.11 Å². The van der Waals surface area contributed by atoms with Gasteiger partial charge in [-0.2, -0.15) is 0 Å². The Labute approximate surface area is 191 Å². The highest BCUT2D eigenvalue weighted by Crippen LogP contribution is 2.16. The van der Waals surface area contributed by atoms with Gasteiger partial charge in [-0.15, -0.1) is 0 Å². The normalized spacial score (nSPS) is 14.3. The van der Waals surface area contributed by atoms with Crippen molar-refractivity contribution in [2.45, 2.75) is 44.7 Å². The monoisotopic (exact) mass is 440 g/mol. The number of nitrogens with one attached hydrogen (secondary N) is 1. The lowest BCUT2D eigenvalue weighted by molar-refractivity contribution is -0.121. The molecule has 1 aliphatic heterocycles. The summed E-state index contributed by atoms with van der Waals surface area (Å²) in [6, 6.07) is 16.5. The number of hydrogen-bond donors (Lipinski definition) is 1. The summed E-state index contributed by atoms with van der Waals surface area (Å²) in [5.41, 5.74) is 2.26. The molecular formula is C26H36N2O4. The van der Waals surface area contributed by atoms with Crippen LogP contribution in [-0.2, 0) is 22.5 Å². The first-order valence-corrected chi connectivity index (χ1v) is 11.5. The number of amides is 1. The van der Waals surface area contributed by atoms with E-state index in [1.807, 2.05) is 48.5 Å². The molecule has 3 rings (SSSR count). The molecule has 6 heteroatoms. The van der Waals surface area contributed by atoms with Crippen LogP contribution in [0.1, 0.15) is 36.8 Å². The molecule has 0 aromatic heterocycles. The number of benzene rings is 2. The number of carbonyl (C=O) groups excluding carboxylic acids is 1. The molecule has 1 fully saturated rings. The number of nitrogens with zero attached hydrogens (tertiary/aromatic N) is 1. The van der Waals surface area contributed by atoms with Crippen LogP contribution in [0.15, 0.2) is 48.5 Å². The third kappa shape index (κ3) is 8.17. The highest BCUT2D eigenvalue weighted by molar-refractivity contribution is 5.75. The fraction of sp³-hybridized carbons (Fsp3) is 0.500. The predicted octanol–water partition coefficient (Wildman–Crippen LogP) is 3.82. The first-order chi connectivity index (χ1) is 15.6. The molecule has 6 nitrogen and oxygen atoms in total. The summed E-state index contributed by atoms with van der Waals surface area (Å²) in [6.45, 7) is 3.76. The zero-order valence-electron chi connectivity index (χ0n) is 19.3. The van der Waals surface area contributed by atoms with Gasteiger partial charge in [-0.05, 0) is 68.1 Å². The van der Waals surface area contributed by atoms with Gasteiger partial charge in [0.15, 0.2) is 0 Å². The first-order valence-electron chi connectivity index (χ1n) is 11.5. The average Bonchev–Trinajstić information content (AvgIpc) is 2.84. The molecule has 32 heavy (non-hydrogen) atoms. The number of likely N-dealkylation sites (N-methyl/N-ethyl adjacent to an activating group) is 1. The van der Waals surface area contributed by atoms with Crippen LogP contribution in [-0.4, -0.2) is 57.4 Å². The third-order valence-corrected chi connectivity index (χ3v) is 5.94. The van der Waals surface area contributed by atoms with Crippen LogP contribution in [0.25, 0.3) is 0 Å². The van der Waals surface area contributed by atoms with Gasteiger partial charge < -0.3 is 19.5 Å². The molecule has 0 atom stereocenters. The molecule has 174 valence electrons. The molecule has 1 saturated heterocycles. The summed E-state index contributed by atoms with van der Waals surface area (Å²) in [5, 5.41) is 3.01. The van der Waals surface area contributed by atoms with E-state index >= 15 is 0 Å². The Morgan fingerprint density at radius 3 is 2.62 bits per heavy atom. The van der Waals surface area contributed by atoms with Crippen molar-refractivity contribution < 1.29 is 19.0 Å². The Kier molecular flexibility index (Phi) is 9.85. The van der Waals surface area contributed by atoms with Gasteiger partial charge in [0, 0.05) is 38.8 Å². The average molecular weight is 441 g/mol. The minimum Gasteiger partial charge on any atom is -0.497 e. The molecule has 0 unspecified atom stereocenters. The Morgan fingerprint density at radius 2 is 1.88 bits per heavy atom. The Balaban J connectivity index is 1.33. The van der Waals surface area contributed by atoms with E-state index in [0.29, 0.717) is 25.6 Å². The van der Waals surface area contributed by atoms with Crippen LogP contribution < -0.4 is 14.8 Å². The summed E-state index contributed by atoms with van der Waals surface area (Å²) in [5.74, 6) is 1.77. The minimum absolute atomic E-state index is 0.0721. The van der Waals surface area contributed by atoms with Crippen molar-refractivity contribution in [3.63, 3.8) is 0 Å². The summed E-state index contributed by atoms with van der Waals surface area (Å²) in [4.78, 5) is 14.6. The molecule has 0 radical (unpaired) electrons. The van der Waals surface area contributed by atoms with Gasteiger partial charge >= 0.3 is 0 Å². The molecule has 0 spiro atoms. The quantitative estimate of drug-likeness (QED) is 0.544. The van der Waals surface area contributed by atoms with Crippen LogP contribution in [0.5, 0.6) is 11.5 Å². The molecule has 1 amide bonds. The smallest absolute Gasteiger partial charge is 0.220 e. The largest absolute Gasteiger partial charge is 0.497 e. The van der Waals surface area contributed by atoms with Gasteiger partial charge in [-0.1, -0.05) is 24.3 Å². The fourth-order valence-corrected chi connectivity index (χ4v) is 3.90. The lowest BCUT2D eigenvalue weighted by Crippen LogP contribution is -2.38. The lowest BCUT2D eigenvalue weighted by Gasteiger charge is -2.31. The van der Waals surface area contributed by atoms with E-state index in [2.05, 4.69) is 17.3 Å². The number of aryl methyl sites for hydroxylation is 1. The van der Waals surface area contributed by atoms with Gasteiger partial charge in [0.2, 0.25) is 5.91 Å². The van der Waals surface area contributed by atoms with E-state index in [0.717, 1.165) is 62.5 Å². The fourth-order valence-electron chi connectivity index (χ4n) is 3.90. The maximum atomic E-state index is 12.2. The molecule has 1 heterocycles. The molecule has 1 N–H and O–H groups in total. The highest BCUT2D eigenvalue weighted by Gasteiger charge is 2.18. The van der Waals surface area contributed by atoms with Crippen LogP contribution in [0.4, 0.5) is 0 Å². The Morgan fingerprint density at radius 1 is 1.09 bits per heavy atom. The molecular weight excluding hydrogens is 404 g/mol. The van der Waals surface area contributed by atoms with Crippen LogP contribution in [0.3, 0.4) is 0 Å². The van der Waals surface area contributed by atoms with Gasteiger partial charge in [0.05, 0.1) is 7.11 Å². The van der Waals surface area contributed by atoms with Crippen molar-refractivity contribution in [3.8, 4) is 11.5 Å². The second-order valence-corrected chi connectivity index (χ2v) is 8.30. The highest BCUT2D eigenvalue weighted by atomic mass is 16.5. The number of ether oxygens (including phenoxy) is 3. The molecule has 0 saturated carbocycles. The van der Waals surface area contributed by atoms with Gasteiger partial charge in [-0.25, -0.2) is 0 Å². The second kappa shape index (κ2) is 13.1. The van der Waals surface area contributed by atoms with Crippen LogP contribution in [0.2, 0.25) is 0 Å². The molecule has 2 aromatic carbocycles. The number of hydrogen-bond acceptors (Lipinski definition) is 5. The SMILES string of the molecule is COc1ccc(CCCC(=O)NCc2cccc(OCCN(C)C3CCOCC3)c2)cc1. The van der Waals surface area contributed by atoms with Crippen molar-refractivity contribution in [1.29, 1.82) is 0 Å². The van der Waals surface area contributed by atoms with E-state index in [4.69, 9.17) is 14.2 Å². The molecule has 2 aromatic rings. The zero-order chi connectivity index (χ0) is 22.6. The second-order valence-electron chi connectivity index (χ2n) is 8.30. The minimum atomic E-state index is 0.0721. The molecule has 0 aliphatic carbocycles. The number of rotatable bonds is 12. The Bertz CT molecular complexity index is 819. The van der Waals surface area contributed by atoms with E-state index in [-0.39, 0.29) is 5.91 Å². The summed E-state index contributed by atoms with van der Waals surface area (Å²) in [7, 11) is 3.81. The molecule has 0 bridgehead atoms. The maximum Gasteiger partial charge on any atom is 0.220 e.